The molecule has 7 N–H and O–H groups in total. The van der Waals surface area contributed by atoms with E-state index in [1.54, 1.807) is 38.1 Å². The third-order valence-electron chi connectivity index (χ3n) is 10.2. The van der Waals surface area contributed by atoms with Crippen molar-refractivity contribution in [2.75, 3.05) is 18.9 Å². The lowest BCUT2D eigenvalue weighted by atomic mass is 10.0. The van der Waals surface area contributed by atoms with Crippen LogP contribution in [0.1, 0.15) is 118 Å². The summed E-state index contributed by atoms with van der Waals surface area (Å²) in [6, 6.07) is 2.96. The summed E-state index contributed by atoms with van der Waals surface area (Å²) in [6.45, 7) is 13.2. The van der Waals surface area contributed by atoms with Gasteiger partial charge in [0.1, 0.15) is 24.7 Å². The Labute approximate surface area is 358 Å². The average molecular weight is 859 g/mol. The van der Waals surface area contributed by atoms with Crippen molar-refractivity contribution in [3.63, 3.8) is 0 Å². The lowest BCUT2D eigenvalue weighted by molar-refractivity contribution is -0.197. The fourth-order valence-corrected chi connectivity index (χ4v) is 6.22. The molecule has 2 rings (SSSR count). The Hall–Kier alpha value is -5.75. The number of urea groups is 1. The molecule has 0 bridgehead atoms. The highest BCUT2D eigenvalue weighted by molar-refractivity contribution is 6.01. The lowest BCUT2D eigenvalue weighted by Crippen LogP contribution is -2.54. The van der Waals surface area contributed by atoms with E-state index in [-0.39, 0.29) is 80.9 Å². The van der Waals surface area contributed by atoms with Crippen LogP contribution in [0.15, 0.2) is 24.3 Å². The number of ether oxygens (including phenoxy) is 1. The number of primary amides is 1. The van der Waals surface area contributed by atoms with Crippen LogP contribution in [0.4, 0.5) is 15.3 Å². The Bertz CT molecular complexity index is 1670. The highest BCUT2D eigenvalue weighted by Crippen LogP contribution is 2.17. The van der Waals surface area contributed by atoms with Crippen LogP contribution < -0.4 is 32.3 Å². The summed E-state index contributed by atoms with van der Waals surface area (Å²) in [5.41, 5.74) is 6.19. The van der Waals surface area contributed by atoms with Gasteiger partial charge in [-0.2, -0.15) is 0 Å². The van der Waals surface area contributed by atoms with E-state index in [1.807, 2.05) is 34.6 Å². The Morgan fingerprint density at radius 2 is 1.34 bits per heavy atom. The maximum atomic E-state index is 13.5. The van der Waals surface area contributed by atoms with Gasteiger partial charge in [-0.25, -0.2) is 14.4 Å². The number of hydrogen-bond acceptors (Lipinski definition) is 11. The lowest BCUT2D eigenvalue weighted by Gasteiger charge is -2.31. The molecule has 9 amide bonds. The monoisotopic (exact) mass is 858 g/mol. The minimum atomic E-state index is -1.06. The van der Waals surface area contributed by atoms with Crippen molar-refractivity contribution in [2.24, 2.45) is 23.5 Å². The van der Waals surface area contributed by atoms with E-state index >= 15 is 0 Å². The number of imide groups is 1. The molecule has 0 saturated carbocycles. The summed E-state index contributed by atoms with van der Waals surface area (Å²) >= 11 is 0. The molecule has 1 fully saturated rings. The van der Waals surface area contributed by atoms with E-state index < -0.39 is 59.8 Å². The summed E-state index contributed by atoms with van der Waals surface area (Å²) in [5.74, 6) is -3.83. The quantitative estimate of drug-likeness (QED) is 0.0613. The molecule has 0 aromatic heterocycles. The van der Waals surface area contributed by atoms with E-state index in [2.05, 4.69) is 26.6 Å². The van der Waals surface area contributed by atoms with Crippen molar-refractivity contribution < 1.29 is 52.7 Å². The number of unbranched alkanes of at least 4 members (excludes halogenated alkanes) is 3. The van der Waals surface area contributed by atoms with Crippen LogP contribution in [-0.2, 0) is 49.7 Å². The molecule has 1 aliphatic rings. The van der Waals surface area contributed by atoms with Gasteiger partial charge in [-0.05, 0) is 68.1 Å². The summed E-state index contributed by atoms with van der Waals surface area (Å²) in [4.78, 5) is 118. The smallest absolute Gasteiger partial charge is 0.410 e. The Balaban J connectivity index is 1.94. The highest BCUT2D eigenvalue weighted by Gasteiger charge is 2.34. The van der Waals surface area contributed by atoms with Crippen LogP contribution in [0.3, 0.4) is 0 Å². The molecule has 19 nitrogen and oxygen atoms in total. The third-order valence-corrected chi connectivity index (χ3v) is 10.2. The zero-order chi connectivity index (χ0) is 45.8. The fraction of sp³-hybridized carbons (Fsp3) is 0.643. The molecule has 19 heteroatoms. The first-order valence-electron chi connectivity index (χ1n) is 21.0. The zero-order valence-corrected chi connectivity index (χ0v) is 36.8. The van der Waals surface area contributed by atoms with Gasteiger partial charge in [0.05, 0.1) is 0 Å². The second-order valence-electron chi connectivity index (χ2n) is 16.3. The van der Waals surface area contributed by atoms with Gasteiger partial charge in [-0.15, -0.1) is 5.06 Å². The van der Waals surface area contributed by atoms with E-state index in [0.717, 1.165) is 0 Å². The van der Waals surface area contributed by atoms with E-state index in [1.165, 1.54) is 11.9 Å². The number of carbonyl (C=O) groups excluding carboxylic acids is 9. The number of hydroxylamine groups is 2. The van der Waals surface area contributed by atoms with Crippen LogP contribution in [-0.4, -0.2) is 101 Å². The van der Waals surface area contributed by atoms with Gasteiger partial charge in [0.25, 0.3) is 11.8 Å². The predicted molar refractivity (Wildman–Crippen MR) is 224 cm³/mol. The maximum absolute atomic E-state index is 13.5. The molecule has 1 saturated heterocycles. The SMILES string of the molecule is CC(C)[C@H](NC(=O)CCCCCCC(=O)ON1C(=O)CCC1=O)C(=O)N[C@@H](CCCNC(N)=O)C(=O)Nc1ccc(COC(=O)N(C)[C@H](C(=O)N[C@H](C)C(C)C)C(C)C)cc1. The van der Waals surface area contributed by atoms with Gasteiger partial charge >= 0.3 is 18.1 Å². The number of amides is 9. The molecule has 1 aromatic carbocycles. The van der Waals surface area contributed by atoms with E-state index in [9.17, 15) is 43.2 Å². The second kappa shape index (κ2) is 25.8. The topological polar surface area (TPSA) is 265 Å². The first-order chi connectivity index (χ1) is 28.7. The molecule has 1 aliphatic heterocycles. The Morgan fingerprint density at radius 1 is 0.738 bits per heavy atom. The van der Waals surface area contributed by atoms with Crippen LogP contribution >= 0.6 is 0 Å². The van der Waals surface area contributed by atoms with Gasteiger partial charge in [0, 0.05) is 51.0 Å². The second-order valence-corrected chi connectivity index (χ2v) is 16.3. The standard InChI is InChI=1S/C42H66N8O11/c1-25(2)28(7)45-40(57)37(27(5)6)49(8)42(59)60-24-29-17-19-30(20-18-29)46-38(55)31(14-13-23-44-41(43)58)47-39(56)36(26(3)4)48-32(51)15-11-9-10-12-16-35(54)61-50-33(52)21-22-34(50)53/h17-20,25-28,31,36-37H,9-16,21-24H2,1-8H3,(H,45,57)(H,46,55)(H,47,56)(H,48,51)(H3,43,44,58)/t28-,31+,36+,37+/m1/s1. The fourth-order valence-electron chi connectivity index (χ4n) is 6.22. The van der Waals surface area contributed by atoms with Gasteiger partial charge in [0.2, 0.25) is 23.6 Å². The summed E-state index contributed by atoms with van der Waals surface area (Å²) in [5, 5.41) is 14.2. The van der Waals surface area contributed by atoms with E-state index in [0.29, 0.717) is 48.4 Å². The molecular formula is C42H66N8O11. The molecule has 61 heavy (non-hydrogen) atoms. The molecule has 0 spiro atoms. The van der Waals surface area contributed by atoms with Gasteiger partial charge < -0.3 is 41.9 Å². The van der Waals surface area contributed by atoms with Crippen molar-refractivity contribution in [1.82, 2.24) is 31.2 Å². The van der Waals surface area contributed by atoms with Crippen LogP contribution in [0.2, 0.25) is 0 Å². The van der Waals surface area contributed by atoms with Crippen LogP contribution in [0.5, 0.6) is 0 Å². The van der Waals surface area contributed by atoms with E-state index in [4.69, 9.17) is 15.3 Å². The zero-order valence-electron chi connectivity index (χ0n) is 36.8. The van der Waals surface area contributed by atoms with Crippen molar-refractivity contribution in [3.05, 3.63) is 29.8 Å². The van der Waals surface area contributed by atoms with Crippen molar-refractivity contribution in [1.29, 1.82) is 0 Å². The predicted octanol–water partition coefficient (Wildman–Crippen LogP) is 3.40. The minimum Gasteiger partial charge on any atom is -0.445 e. The Morgan fingerprint density at radius 3 is 1.90 bits per heavy atom. The summed E-state index contributed by atoms with van der Waals surface area (Å²) in [7, 11) is 1.52. The largest absolute Gasteiger partial charge is 0.445 e. The average Bonchev–Trinajstić information content (AvgIpc) is 3.50. The number of carbonyl (C=O) groups is 9. The van der Waals surface area contributed by atoms with Gasteiger partial charge in [-0.1, -0.05) is 66.5 Å². The first-order valence-corrected chi connectivity index (χ1v) is 21.0. The van der Waals surface area contributed by atoms with Gasteiger partial charge in [0.15, 0.2) is 0 Å². The molecule has 1 aromatic rings. The number of nitrogens with one attached hydrogen (secondary N) is 5. The number of anilines is 1. The molecule has 4 atom stereocenters. The third kappa shape index (κ3) is 18.2. The molecule has 1 heterocycles. The minimum absolute atomic E-state index is 0.00729. The number of benzene rings is 1. The number of hydrogen-bond donors (Lipinski definition) is 6. The normalized spacial score (nSPS) is 14.5. The summed E-state index contributed by atoms with van der Waals surface area (Å²) < 4.78 is 5.51. The Kier molecular flexibility index (Phi) is 21.7. The molecular weight excluding hydrogens is 793 g/mol. The maximum Gasteiger partial charge on any atom is 0.410 e. The number of rotatable bonds is 25. The molecule has 0 unspecified atom stereocenters. The van der Waals surface area contributed by atoms with Crippen LogP contribution in [0, 0.1) is 17.8 Å². The molecule has 0 aliphatic carbocycles. The first kappa shape index (κ1) is 51.4. The number of nitrogens with zero attached hydrogens (tertiary/aromatic N) is 2. The van der Waals surface area contributed by atoms with Crippen molar-refractivity contribution in [2.45, 2.75) is 143 Å². The summed E-state index contributed by atoms with van der Waals surface area (Å²) in [6.07, 6.45) is 1.99. The van der Waals surface area contributed by atoms with Crippen molar-refractivity contribution in [3.8, 4) is 0 Å². The number of likely N-dealkylation sites (N-methyl/N-ethyl adjacent to an activating group) is 1. The molecule has 0 radical (unpaired) electrons. The van der Waals surface area contributed by atoms with Gasteiger partial charge in [-0.3, -0.25) is 33.7 Å². The highest BCUT2D eigenvalue weighted by atomic mass is 16.7. The van der Waals surface area contributed by atoms with Crippen molar-refractivity contribution >= 4 is 59.2 Å². The number of nitrogens with two attached hydrogens (primary N) is 1. The van der Waals surface area contributed by atoms with Crippen LogP contribution in [0.25, 0.3) is 0 Å². The molecule has 340 valence electrons.